The van der Waals surface area contributed by atoms with E-state index in [-0.39, 0.29) is 17.8 Å². The maximum absolute atomic E-state index is 9.21. The first-order valence-electron chi connectivity index (χ1n) is 3.37. The van der Waals surface area contributed by atoms with Crippen molar-refractivity contribution < 1.29 is 9.84 Å². The zero-order valence-corrected chi connectivity index (χ0v) is 6.22. The van der Waals surface area contributed by atoms with Crippen molar-refractivity contribution in [1.82, 2.24) is 0 Å². The first-order valence-corrected chi connectivity index (χ1v) is 3.37. The molecule has 1 heterocycles. The van der Waals surface area contributed by atoms with Gasteiger partial charge in [0, 0.05) is 6.42 Å². The molecule has 1 rings (SSSR count). The van der Waals surface area contributed by atoms with Gasteiger partial charge < -0.3 is 9.84 Å². The smallest absolute Gasteiger partial charge is 0.0826 e. The first kappa shape index (κ1) is 7.03. The lowest BCUT2D eigenvalue weighted by atomic mass is 10.0. The third-order valence-electron chi connectivity index (χ3n) is 1.75. The maximum Gasteiger partial charge on any atom is 0.0826 e. The normalized spacial score (nSPS) is 41.3. The van der Waals surface area contributed by atoms with E-state index in [0.29, 0.717) is 0 Å². The molecule has 54 valence electrons. The van der Waals surface area contributed by atoms with E-state index in [1.54, 1.807) is 0 Å². The molecule has 0 spiro atoms. The monoisotopic (exact) mass is 130 g/mol. The third-order valence-corrected chi connectivity index (χ3v) is 1.75. The van der Waals surface area contributed by atoms with Crippen molar-refractivity contribution in [3.63, 3.8) is 0 Å². The van der Waals surface area contributed by atoms with Crippen LogP contribution in [0.25, 0.3) is 0 Å². The summed E-state index contributed by atoms with van der Waals surface area (Å²) < 4.78 is 5.41. The van der Waals surface area contributed by atoms with Gasteiger partial charge in [-0.3, -0.25) is 0 Å². The Morgan fingerprint density at radius 2 is 2.11 bits per heavy atom. The van der Waals surface area contributed by atoms with E-state index in [9.17, 15) is 5.11 Å². The van der Waals surface area contributed by atoms with Gasteiger partial charge in [-0.1, -0.05) is 0 Å². The van der Waals surface area contributed by atoms with Crippen molar-refractivity contribution >= 4 is 0 Å². The Hall–Kier alpha value is -0.0800. The van der Waals surface area contributed by atoms with Gasteiger partial charge in [0.15, 0.2) is 0 Å². The topological polar surface area (TPSA) is 29.5 Å². The summed E-state index contributed by atoms with van der Waals surface area (Å²) in [6, 6.07) is 0. The van der Waals surface area contributed by atoms with Crippen LogP contribution < -0.4 is 0 Å². The van der Waals surface area contributed by atoms with Crippen molar-refractivity contribution in [2.24, 2.45) is 0 Å². The van der Waals surface area contributed by atoms with Gasteiger partial charge in [0.2, 0.25) is 0 Å². The van der Waals surface area contributed by atoms with Crippen molar-refractivity contribution in [1.29, 1.82) is 0 Å². The van der Waals surface area contributed by atoms with E-state index in [0.717, 1.165) is 6.42 Å². The van der Waals surface area contributed by atoms with E-state index in [2.05, 4.69) is 0 Å². The highest BCUT2D eigenvalue weighted by molar-refractivity contribution is 4.85. The SMILES string of the molecule is CC1OC(C)(C)CC1O. The zero-order valence-electron chi connectivity index (χ0n) is 6.22. The number of hydrogen-bond acceptors (Lipinski definition) is 2. The average molecular weight is 130 g/mol. The standard InChI is InChI=1S/C7H14O2/c1-5-6(8)4-7(2,3)9-5/h5-6,8H,4H2,1-3H3. The molecule has 1 fully saturated rings. The van der Waals surface area contributed by atoms with Crippen LogP contribution in [-0.2, 0) is 4.74 Å². The molecule has 0 amide bonds. The van der Waals surface area contributed by atoms with Gasteiger partial charge >= 0.3 is 0 Å². The fourth-order valence-electron chi connectivity index (χ4n) is 1.30. The summed E-state index contributed by atoms with van der Waals surface area (Å²) in [5.41, 5.74) is -0.112. The molecule has 0 saturated carbocycles. The van der Waals surface area contributed by atoms with E-state index in [4.69, 9.17) is 4.74 Å². The van der Waals surface area contributed by atoms with Crippen LogP contribution >= 0.6 is 0 Å². The molecular weight excluding hydrogens is 116 g/mol. The highest BCUT2D eigenvalue weighted by Crippen LogP contribution is 2.28. The molecule has 1 N–H and O–H groups in total. The Morgan fingerprint density at radius 3 is 2.22 bits per heavy atom. The van der Waals surface area contributed by atoms with Crippen LogP contribution in [-0.4, -0.2) is 22.9 Å². The molecule has 2 unspecified atom stereocenters. The minimum Gasteiger partial charge on any atom is -0.390 e. The predicted octanol–water partition coefficient (Wildman–Crippen LogP) is 0.935. The second-order valence-electron chi connectivity index (χ2n) is 3.35. The molecule has 0 aliphatic carbocycles. The Balaban J connectivity index is 2.54. The zero-order chi connectivity index (χ0) is 7.07. The Kier molecular flexibility index (Phi) is 1.53. The van der Waals surface area contributed by atoms with Crippen molar-refractivity contribution in [2.45, 2.75) is 45.0 Å². The molecule has 0 aromatic carbocycles. The number of aliphatic hydroxyl groups is 1. The van der Waals surface area contributed by atoms with E-state index in [1.807, 2.05) is 20.8 Å². The fourth-order valence-corrected chi connectivity index (χ4v) is 1.30. The molecule has 9 heavy (non-hydrogen) atoms. The fraction of sp³-hybridized carbons (Fsp3) is 1.00. The van der Waals surface area contributed by atoms with Crippen LogP contribution in [0.3, 0.4) is 0 Å². The summed E-state index contributed by atoms with van der Waals surface area (Å²) >= 11 is 0. The molecule has 1 aliphatic rings. The third kappa shape index (κ3) is 1.43. The molecule has 1 saturated heterocycles. The molecule has 2 atom stereocenters. The Bertz CT molecular complexity index is 97.5. The van der Waals surface area contributed by atoms with Crippen molar-refractivity contribution in [2.75, 3.05) is 0 Å². The van der Waals surface area contributed by atoms with Gasteiger partial charge in [0.05, 0.1) is 17.8 Å². The van der Waals surface area contributed by atoms with Crippen LogP contribution in [0.2, 0.25) is 0 Å². The van der Waals surface area contributed by atoms with Crippen LogP contribution in [0, 0.1) is 0 Å². The lowest BCUT2D eigenvalue weighted by molar-refractivity contribution is -0.0217. The van der Waals surface area contributed by atoms with E-state index in [1.165, 1.54) is 0 Å². The second kappa shape index (κ2) is 1.96. The molecule has 0 aromatic rings. The number of aliphatic hydroxyl groups excluding tert-OH is 1. The first-order chi connectivity index (χ1) is 4.01. The van der Waals surface area contributed by atoms with Crippen LogP contribution in [0.5, 0.6) is 0 Å². The minimum atomic E-state index is -0.264. The van der Waals surface area contributed by atoms with Gasteiger partial charge in [-0.05, 0) is 20.8 Å². The van der Waals surface area contributed by atoms with Gasteiger partial charge in [0.25, 0.3) is 0 Å². The summed E-state index contributed by atoms with van der Waals surface area (Å²) in [7, 11) is 0. The highest BCUT2D eigenvalue weighted by Gasteiger charge is 2.36. The van der Waals surface area contributed by atoms with Crippen molar-refractivity contribution in [3.05, 3.63) is 0 Å². The molecule has 0 aromatic heterocycles. The quantitative estimate of drug-likeness (QED) is 0.528. The summed E-state index contributed by atoms with van der Waals surface area (Å²) in [6.07, 6.45) is 0.508. The maximum atomic E-state index is 9.21. The van der Waals surface area contributed by atoms with Gasteiger partial charge in [0.1, 0.15) is 0 Å². The van der Waals surface area contributed by atoms with E-state index < -0.39 is 0 Å². The van der Waals surface area contributed by atoms with E-state index >= 15 is 0 Å². The largest absolute Gasteiger partial charge is 0.390 e. The summed E-state index contributed by atoms with van der Waals surface area (Å²) in [4.78, 5) is 0. The summed E-state index contributed by atoms with van der Waals surface area (Å²) in [6.45, 7) is 5.90. The van der Waals surface area contributed by atoms with Gasteiger partial charge in [-0.15, -0.1) is 0 Å². The molecule has 0 radical (unpaired) electrons. The van der Waals surface area contributed by atoms with Crippen LogP contribution in [0.15, 0.2) is 0 Å². The van der Waals surface area contributed by atoms with Gasteiger partial charge in [-0.2, -0.15) is 0 Å². The molecule has 1 aliphatic heterocycles. The lowest BCUT2D eigenvalue weighted by Crippen LogP contribution is -2.18. The molecule has 2 heteroatoms. The van der Waals surface area contributed by atoms with Crippen LogP contribution in [0.4, 0.5) is 0 Å². The molecule has 0 bridgehead atoms. The average Bonchev–Trinajstić information content (AvgIpc) is 1.79. The van der Waals surface area contributed by atoms with Gasteiger partial charge in [-0.25, -0.2) is 0 Å². The predicted molar refractivity (Wildman–Crippen MR) is 35.2 cm³/mol. The Morgan fingerprint density at radius 1 is 1.56 bits per heavy atom. The summed E-state index contributed by atoms with van der Waals surface area (Å²) in [5.74, 6) is 0. The Labute approximate surface area is 55.8 Å². The summed E-state index contributed by atoms with van der Waals surface area (Å²) in [5, 5.41) is 9.21. The van der Waals surface area contributed by atoms with Crippen molar-refractivity contribution in [3.8, 4) is 0 Å². The lowest BCUT2D eigenvalue weighted by Gasteiger charge is -2.16. The second-order valence-corrected chi connectivity index (χ2v) is 3.35. The molecular formula is C7H14O2. The number of rotatable bonds is 0. The van der Waals surface area contributed by atoms with Crippen LogP contribution in [0.1, 0.15) is 27.2 Å². The minimum absolute atomic E-state index is 0.0139. The highest BCUT2D eigenvalue weighted by atomic mass is 16.5. The number of ether oxygens (including phenoxy) is 1. The molecule has 2 nitrogen and oxygen atoms in total. The number of hydrogen-bond donors (Lipinski definition) is 1.